The quantitative estimate of drug-likeness (QED) is 0.479. The van der Waals surface area contributed by atoms with Crippen LogP contribution >= 0.6 is 11.6 Å². The van der Waals surface area contributed by atoms with Gasteiger partial charge in [0.1, 0.15) is 12.4 Å². The predicted molar refractivity (Wildman–Crippen MR) is 156 cm³/mol. The van der Waals surface area contributed by atoms with Gasteiger partial charge in [-0.3, -0.25) is 18.7 Å². The van der Waals surface area contributed by atoms with E-state index in [0.717, 1.165) is 22.2 Å². The molecule has 2 unspecified atom stereocenters. The molecule has 2 aromatic carbocycles. The van der Waals surface area contributed by atoms with Crippen LogP contribution in [0.2, 0.25) is 5.02 Å². The maximum Gasteiger partial charge on any atom is 0.331 e. The summed E-state index contributed by atoms with van der Waals surface area (Å²) in [6, 6.07) is 11.1. The van der Waals surface area contributed by atoms with Gasteiger partial charge in [-0.05, 0) is 57.7 Å². The van der Waals surface area contributed by atoms with Crippen molar-refractivity contribution in [3.05, 3.63) is 85.9 Å². The van der Waals surface area contributed by atoms with Crippen LogP contribution in [0.25, 0.3) is 11.1 Å². The third kappa shape index (κ3) is 5.53. The highest BCUT2D eigenvalue weighted by Gasteiger charge is 2.35. The van der Waals surface area contributed by atoms with Crippen molar-refractivity contribution in [1.82, 2.24) is 18.9 Å². The molecule has 1 N–H and O–H groups in total. The molecule has 3 amide bonds. The molecule has 3 heterocycles. The summed E-state index contributed by atoms with van der Waals surface area (Å²) in [5, 5.41) is 2.78. The maximum atomic E-state index is 14.2. The fourth-order valence-electron chi connectivity index (χ4n) is 5.86. The predicted octanol–water partition coefficient (Wildman–Crippen LogP) is 4.52. The molecular weight excluding hydrogens is 549 g/mol. The zero-order valence-electron chi connectivity index (χ0n) is 23.3. The smallest absolute Gasteiger partial charge is 0.331 e. The number of hydrogen-bond acceptors (Lipinski definition) is 4. The highest BCUT2D eigenvalue weighted by molar-refractivity contribution is 6.33. The number of rotatable bonds is 5. The Bertz CT molecular complexity index is 1620. The molecule has 0 spiro atoms. The second kappa shape index (κ2) is 11.5. The van der Waals surface area contributed by atoms with Gasteiger partial charge in [0.25, 0.3) is 5.56 Å². The van der Waals surface area contributed by atoms with E-state index in [1.54, 1.807) is 18.7 Å². The molecule has 1 aromatic heterocycles. The van der Waals surface area contributed by atoms with E-state index in [2.05, 4.69) is 5.32 Å². The minimum Gasteiger partial charge on any atom is -0.338 e. The van der Waals surface area contributed by atoms with Gasteiger partial charge >= 0.3 is 11.7 Å². The molecule has 0 saturated carbocycles. The summed E-state index contributed by atoms with van der Waals surface area (Å²) < 4.78 is 16.5. The van der Waals surface area contributed by atoms with E-state index in [4.69, 9.17) is 11.6 Å². The second-order valence-corrected chi connectivity index (χ2v) is 11.3. The number of halogens is 2. The van der Waals surface area contributed by atoms with Crippen LogP contribution in [0, 0.1) is 5.82 Å². The minimum absolute atomic E-state index is 0.0318. The van der Waals surface area contributed by atoms with Gasteiger partial charge in [-0.15, -0.1) is 0 Å². The van der Waals surface area contributed by atoms with E-state index in [1.807, 2.05) is 36.1 Å². The first-order valence-electron chi connectivity index (χ1n) is 13.8. The first-order valence-corrected chi connectivity index (χ1v) is 14.2. The molecule has 3 aromatic rings. The Hall–Kier alpha value is -3.92. The lowest BCUT2D eigenvalue weighted by Gasteiger charge is -2.42. The number of carbonyl (C=O) groups excluding carboxylic acids is 2. The highest BCUT2D eigenvalue weighted by atomic mass is 35.5. The van der Waals surface area contributed by atoms with Crippen LogP contribution in [0.5, 0.6) is 0 Å². The Morgan fingerprint density at radius 2 is 1.83 bits per heavy atom. The van der Waals surface area contributed by atoms with E-state index in [9.17, 15) is 23.6 Å². The lowest BCUT2D eigenvalue weighted by atomic mass is 9.96. The van der Waals surface area contributed by atoms with Gasteiger partial charge in [-0.1, -0.05) is 41.9 Å². The van der Waals surface area contributed by atoms with Crippen LogP contribution in [0.3, 0.4) is 0 Å². The van der Waals surface area contributed by atoms with Gasteiger partial charge < -0.3 is 15.1 Å². The number of nitrogens with zero attached hydrogens (tertiary/aromatic N) is 4. The number of urea groups is 1. The molecule has 0 bridgehead atoms. The fourth-order valence-corrected chi connectivity index (χ4v) is 6.09. The van der Waals surface area contributed by atoms with Crippen LogP contribution in [-0.2, 0) is 17.8 Å². The standard InChI is InChI=1S/C30H33ClFN5O4/c1-18(2)37-28(39)23(22-8-6-9-24(32)27(22)31)16-34(30(37)41)17-26(38)35-14-12-21(15-19(35)3)36-13-11-20-7-4-5-10-25(20)33-29(36)40/h4-10,16,18-19,21H,11-15,17H2,1-3H3,(H,33,40). The van der Waals surface area contributed by atoms with E-state index >= 15 is 0 Å². The Balaban J connectivity index is 1.35. The molecule has 11 heteroatoms. The van der Waals surface area contributed by atoms with Crippen molar-refractivity contribution in [2.45, 2.75) is 64.7 Å². The van der Waals surface area contributed by atoms with Gasteiger partial charge in [0.2, 0.25) is 5.91 Å². The highest BCUT2D eigenvalue weighted by Crippen LogP contribution is 2.29. The van der Waals surface area contributed by atoms with Crippen molar-refractivity contribution in [3.63, 3.8) is 0 Å². The van der Waals surface area contributed by atoms with Gasteiger partial charge in [-0.2, -0.15) is 0 Å². The van der Waals surface area contributed by atoms with Crippen molar-refractivity contribution in [2.24, 2.45) is 0 Å². The van der Waals surface area contributed by atoms with Crippen molar-refractivity contribution in [2.75, 3.05) is 18.4 Å². The molecule has 1 fully saturated rings. The summed E-state index contributed by atoms with van der Waals surface area (Å²) in [4.78, 5) is 56.6. The van der Waals surface area contributed by atoms with Crippen LogP contribution < -0.4 is 16.6 Å². The monoisotopic (exact) mass is 581 g/mol. The summed E-state index contributed by atoms with van der Waals surface area (Å²) in [6.45, 7) is 6.03. The van der Waals surface area contributed by atoms with E-state index in [-0.39, 0.29) is 46.7 Å². The molecule has 5 rings (SSSR count). The van der Waals surface area contributed by atoms with Gasteiger partial charge in [0, 0.05) is 48.7 Å². The number of amides is 3. The lowest BCUT2D eigenvalue weighted by molar-refractivity contribution is -0.135. The van der Waals surface area contributed by atoms with E-state index in [0.29, 0.717) is 25.9 Å². The Kier molecular flexibility index (Phi) is 8.04. The number of hydrogen-bond donors (Lipinski definition) is 1. The lowest BCUT2D eigenvalue weighted by Crippen LogP contribution is -2.54. The van der Waals surface area contributed by atoms with Crippen molar-refractivity contribution in [3.8, 4) is 11.1 Å². The summed E-state index contributed by atoms with van der Waals surface area (Å²) >= 11 is 6.18. The number of benzene rings is 2. The topological polar surface area (TPSA) is 96.7 Å². The summed E-state index contributed by atoms with van der Waals surface area (Å²) in [7, 11) is 0. The molecular formula is C30H33ClFN5O4. The summed E-state index contributed by atoms with van der Waals surface area (Å²) in [5.41, 5.74) is 0.880. The third-order valence-electron chi connectivity index (χ3n) is 8.00. The van der Waals surface area contributed by atoms with Gasteiger partial charge in [0.15, 0.2) is 0 Å². The molecule has 41 heavy (non-hydrogen) atoms. The normalized spacial score (nSPS) is 19.1. The summed E-state index contributed by atoms with van der Waals surface area (Å²) in [5.74, 6) is -0.969. The minimum atomic E-state index is -0.688. The first-order chi connectivity index (χ1) is 19.6. The number of aromatic nitrogens is 2. The molecule has 2 aliphatic heterocycles. The van der Waals surface area contributed by atoms with E-state index < -0.39 is 23.1 Å². The average molecular weight is 582 g/mol. The molecule has 1 saturated heterocycles. The van der Waals surface area contributed by atoms with Crippen LogP contribution in [0.1, 0.15) is 45.2 Å². The van der Waals surface area contributed by atoms with Gasteiger partial charge in [0.05, 0.1) is 10.6 Å². The summed E-state index contributed by atoms with van der Waals surface area (Å²) in [6.07, 6.45) is 3.23. The molecule has 2 atom stereocenters. The number of fused-ring (bicyclic) bond motifs is 1. The average Bonchev–Trinajstić information content (AvgIpc) is 3.09. The van der Waals surface area contributed by atoms with Crippen LogP contribution in [-0.4, -0.2) is 56.0 Å². The molecule has 9 nitrogen and oxygen atoms in total. The third-order valence-corrected chi connectivity index (χ3v) is 8.39. The number of carbonyl (C=O) groups is 2. The number of piperidine rings is 1. The molecule has 216 valence electrons. The molecule has 0 radical (unpaired) electrons. The van der Waals surface area contributed by atoms with Crippen molar-refractivity contribution in [1.29, 1.82) is 0 Å². The molecule has 2 aliphatic rings. The SMILES string of the molecule is CC1CC(N2CCc3ccccc3NC2=O)CCN1C(=O)Cn1cc(-c2cccc(F)c2Cl)c(=O)n(C(C)C)c1=O. The van der Waals surface area contributed by atoms with E-state index in [1.165, 1.54) is 29.0 Å². The largest absolute Gasteiger partial charge is 0.338 e. The number of likely N-dealkylation sites (tertiary alicyclic amines) is 1. The first kappa shape index (κ1) is 28.6. The van der Waals surface area contributed by atoms with Crippen LogP contribution in [0.15, 0.2) is 58.3 Å². The fraction of sp³-hybridized carbons (Fsp3) is 0.400. The van der Waals surface area contributed by atoms with Crippen LogP contribution in [0.4, 0.5) is 14.9 Å². The Labute approximate surface area is 242 Å². The van der Waals surface area contributed by atoms with Gasteiger partial charge in [-0.25, -0.2) is 14.0 Å². The van der Waals surface area contributed by atoms with Crippen molar-refractivity contribution >= 4 is 29.2 Å². The Morgan fingerprint density at radius 1 is 1.07 bits per heavy atom. The zero-order valence-corrected chi connectivity index (χ0v) is 24.0. The molecule has 0 aliphatic carbocycles. The number of para-hydroxylation sites is 1. The number of nitrogens with one attached hydrogen (secondary N) is 1. The second-order valence-electron chi connectivity index (χ2n) is 11.0. The number of anilines is 1. The zero-order chi connectivity index (χ0) is 29.4. The Morgan fingerprint density at radius 3 is 2.56 bits per heavy atom. The maximum absolute atomic E-state index is 14.2. The van der Waals surface area contributed by atoms with Crippen molar-refractivity contribution < 1.29 is 14.0 Å².